The van der Waals surface area contributed by atoms with Crippen LogP contribution in [-0.4, -0.2) is 6.10 Å². The molecule has 1 unspecified atom stereocenters. The Morgan fingerprint density at radius 1 is 1.22 bits per heavy atom. The van der Waals surface area contributed by atoms with E-state index in [1.54, 1.807) is 0 Å². The minimum absolute atomic E-state index is 0.311. The molecule has 1 aliphatic carbocycles. The van der Waals surface area contributed by atoms with Crippen LogP contribution in [0.15, 0.2) is 42.0 Å². The van der Waals surface area contributed by atoms with Crippen LogP contribution in [-0.2, 0) is 11.3 Å². The largest absolute Gasteiger partial charge is 0.369 e. The summed E-state index contributed by atoms with van der Waals surface area (Å²) in [6.07, 6.45) is 5.07. The zero-order chi connectivity index (χ0) is 13.0. The zero-order valence-electron chi connectivity index (χ0n) is 11.7. The first kappa shape index (κ1) is 13.4. The molecule has 0 aliphatic heterocycles. The lowest BCUT2D eigenvalue weighted by Gasteiger charge is -2.31. The fraction of sp³-hybridized carbons (Fsp3) is 0.529. The normalized spacial score (nSPS) is 24.1. The minimum Gasteiger partial charge on any atom is -0.369 e. The number of hydrogen-bond donors (Lipinski definition) is 0. The van der Waals surface area contributed by atoms with Crippen molar-refractivity contribution >= 4 is 0 Å². The molecule has 0 fully saturated rings. The van der Waals surface area contributed by atoms with Crippen molar-refractivity contribution in [2.24, 2.45) is 11.8 Å². The maximum Gasteiger partial charge on any atom is 0.0789 e. The van der Waals surface area contributed by atoms with Crippen LogP contribution < -0.4 is 0 Å². The van der Waals surface area contributed by atoms with Gasteiger partial charge in [-0.2, -0.15) is 0 Å². The van der Waals surface area contributed by atoms with Crippen molar-refractivity contribution in [3.8, 4) is 0 Å². The molecule has 1 aromatic rings. The summed E-state index contributed by atoms with van der Waals surface area (Å²) in [7, 11) is 0. The van der Waals surface area contributed by atoms with E-state index in [0.717, 1.165) is 18.4 Å². The van der Waals surface area contributed by atoms with Gasteiger partial charge >= 0.3 is 0 Å². The quantitative estimate of drug-likeness (QED) is 0.704. The van der Waals surface area contributed by atoms with E-state index in [4.69, 9.17) is 4.74 Å². The van der Waals surface area contributed by atoms with Gasteiger partial charge < -0.3 is 4.74 Å². The first-order valence-electron chi connectivity index (χ1n) is 6.99. The summed E-state index contributed by atoms with van der Waals surface area (Å²) >= 11 is 0. The Morgan fingerprint density at radius 2 is 1.94 bits per heavy atom. The Kier molecular flexibility index (Phi) is 4.60. The molecule has 2 atom stereocenters. The van der Waals surface area contributed by atoms with E-state index in [1.165, 1.54) is 24.0 Å². The average molecular weight is 244 g/mol. The Labute approximate surface area is 111 Å². The fourth-order valence-corrected chi connectivity index (χ4v) is 2.54. The molecule has 1 heteroatoms. The third kappa shape index (κ3) is 3.46. The van der Waals surface area contributed by atoms with E-state index < -0.39 is 0 Å². The SMILES string of the molecule is CC1=CC[C@@H](C(C)C)CC1OCc1ccccc1. The summed E-state index contributed by atoms with van der Waals surface area (Å²) in [6.45, 7) is 7.55. The molecule has 0 heterocycles. The van der Waals surface area contributed by atoms with E-state index in [1.807, 2.05) is 6.07 Å². The van der Waals surface area contributed by atoms with Crippen LogP contribution in [0.2, 0.25) is 0 Å². The number of hydrogen-bond acceptors (Lipinski definition) is 1. The molecule has 0 spiro atoms. The summed E-state index contributed by atoms with van der Waals surface area (Å²) in [5, 5.41) is 0. The highest BCUT2D eigenvalue weighted by atomic mass is 16.5. The van der Waals surface area contributed by atoms with Crippen LogP contribution in [0, 0.1) is 11.8 Å². The smallest absolute Gasteiger partial charge is 0.0789 e. The van der Waals surface area contributed by atoms with Gasteiger partial charge in [0.25, 0.3) is 0 Å². The molecule has 0 aromatic heterocycles. The third-order valence-electron chi connectivity index (χ3n) is 4.00. The molecule has 1 aliphatic rings. The summed E-state index contributed by atoms with van der Waals surface area (Å²) in [6, 6.07) is 10.4. The molecule has 98 valence electrons. The number of ether oxygens (including phenoxy) is 1. The topological polar surface area (TPSA) is 9.23 Å². The van der Waals surface area contributed by atoms with E-state index in [2.05, 4.69) is 51.1 Å². The van der Waals surface area contributed by atoms with Gasteiger partial charge in [-0.3, -0.25) is 0 Å². The van der Waals surface area contributed by atoms with Gasteiger partial charge in [0.05, 0.1) is 12.7 Å². The van der Waals surface area contributed by atoms with Gasteiger partial charge in [0.15, 0.2) is 0 Å². The second kappa shape index (κ2) is 6.19. The van der Waals surface area contributed by atoms with E-state index in [9.17, 15) is 0 Å². The predicted octanol–water partition coefficient (Wildman–Crippen LogP) is 4.58. The van der Waals surface area contributed by atoms with E-state index in [-0.39, 0.29) is 0 Å². The van der Waals surface area contributed by atoms with Crippen molar-refractivity contribution in [1.29, 1.82) is 0 Å². The molecule has 0 amide bonds. The molecular weight excluding hydrogens is 220 g/mol. The van der Waals surface area contributed by atoms with Crippen molar-refractivity contribution < 1.29 is 4.74 Å². The lowest BCUT2D eigenvalue weighted by molar-refractivity contribution is 0.0374. The Balaban J connectivity index is 1.92. The second-order valence-corrected chi connectivity index (χ2v) is 5.71. The second-order valence-electron chi connectivity index (χ2n) is 5.71. The monoisotopic (exact) mass is 244 g/mol. The minimum atomic E-state index is 0.311. The van der Waals surface area contributed by atoms with Gasteiger partial charge in [-0.15, -0.1) is 0 Å². The van der Waals surface area contributed by atoms with Crippen molar-refractivity contribution in [1.82, 2.24) is 0 Å². The lowest BCUT2D eigenvalue weighted by Crippen LogP contribution is -2.25. The van der Waals surface area contributed by atoms with Gasteiger partial charge in [0, 0.05) is 0 Å². The van der Waals surface area contributed by atoms with Crippen LogP contribution in [0.25, 0.3) is 0 Å². The Morgan fingerprint density at radius 3 is 2.61 bits per heavy atom. The van der Waals surface area contributed by atoms with Crippen LogP contribution in [0.4, 0.5) is 0 Å². The van der Waals surface area contributed by atoms with Crippen molar-refractivity contribution in [3.63, 3.8) is 0 Å². The lowest BCUT2D eigenvalue weighted by atomic mass is 9.81. The molecule has 0 saturated heterocycles. The molecule has 0 saturated carbocycles. The van der Waals surface area contributed by atoms with Gasteiger partial charge in [0.2, 0.25) is 0 Å². The summed E-state index contributed by atoms with van der Waals surface area (Å²) < 4.78 is 6.09. The van der Waals surface area contributed by atoms with Gasteiger partial charge in [-0.25, -0.2) is 0 Å². The highest BCUT2D eigenvalue weighted by molar-refractivity contribution is 5.15. The summed E-state index contributed by atoms with van der Waals surface area (Å²) in [4.78, 5) is 0. The molecule has 2 rings (SSSR count). The fourth-order valence-electron chi connectivity index (χ4n) is 2.54. The number of rotatable bonds is 4. The maximum absolute atomic E-state index is 6.09. The van der Waals surface area contributed by atoms with E-state index in [0.29, 0.717) is 6.10 Å². The van der Waals surface area contributed by atoms with Gasteiger partial charge in [-0.1, -0.05) is 50.3 Å². The first-order valence-corrected chi connectivity index (χ1v) is 6.99. The third-order valence-corrected chi connectivity index (χ3v) is 4.00. The van der Waals surface area contributed by atoms with Crippen molar-refractivity contribution in [3.05, 3.63) is 47.5 Å². The van der Waals surface area contributed by atoms with Crippen LogP contribution in [0.1, 0.15) is 39.2 Å². The number of benzene rings is 1. The van der Waals surface area contributed by atoms with Crippen molar-refractivity contribution in [2.45, 2.75) is 46.3 Å². The molecule has 0 bridgehead atoms. The summed E-state index contributed by atoms with van der Waals surface area (Å²) in [5.74, 6) is 1.52. The maximum atomic E-state index is 6.09. The Bertz CT molecular complexity index is 391. The number of allylic oxidation sites excluding steroid dienone is 1. The molecule has 0 N–H and O–H groups in total. The predicted molar refractivity (Wildman–Crippen MR) is 76.3 cm³/mol. The molecular formula is C17H24O. The average Bonchev–Trinajstić information content (AvgIpc) is 2.38. The zero-order valence-corrected chi connectivity index (χ0v) is 11.7. The van der Waals surface area contributed by atoms with Gasteiger partial charge in [-0.05, 0) is 42.7 Å². The van der Waals surface area contributed by atoms with Crippen LogP contribution in [0.3, 0.4) is 0 Å². The highest BCUT2D eigenvalue weighted by Gasteiger charge is 2.24. The molecule has 1 nitrogen and oxygen atoms in total. The molecule has 18 heavy (non-hydrogen) atoms. The van der Waals surface area contributed by atoms with Crippen LogP contribution in [0.5, 0.6) is 0 Å². The highest BCUT2D eigenvalue weighted by Crippen LogP contribution is 2.31. The molecule has 1 aromatic carbocycles. The molecule has 0 radical (unpaired) electrons. The summed E-state index contributed by atoms with van der Waals surface area (Å²) in [5.41, 5.74) is 2.67. The van der Waals surface area contributed by atoms with Gasteiger partial charge in [0.1, 0.15) is 0 Å². The first-order chi connectivity index (χ1) is 8.66. The van der Waals surface area contributed by atoms with E-state index >= 15 is 0 Å². The Hall–Kier alpha value is -1.08. The van der Waals surface area contributed by atoms with Crippen LogP contribution >= 0.6 is 0 Å². The van der Waals surface area contributed by atoms with Crippen molar-refractivity contribution in [2.75, 3.05) is 0 Å². The standard InChI is InChI=1S/C17H24O/c1-13(2)16-10-9-14(3)17(11-16)18-12-15-7-5-4-6-8-15/h4-9,13,16-17H,10-12H2,1-3H3/t16-,17?/m1/s1.